The van der Waals surface area contributed by atoms with Crippen molar-refractivity contribution in [2.75, 3.05) is 0 Å². The van der Waals surface area contributed by atoms with Gasteiger partial charge in [-0.05, 0) is 57.6 Å². The fourth-order valence-electron chi connectivity index (χ4n) is 7.79. The Balaban J connectivity index is 1.24. The summed E-state index contributed by atoms with van der Waals surface area (Å²) in [5.74, 6) is 0. The predicted octanol–water partition coefficient (Wildman–Crippen LogP) is 8.27. The van der Waals surface area contributed by atoms with Gasteiger partial charge in [-0.2, -0.15) is 0 Å². The molecule has 0 bridgehead atoms. The number of hydrogen-bond donors (Lipinski definition) is 0. The molecule has 0 unspecified atom stereocenters. The van der Waals surface area contributed by atoms with Gasteiger partial charge in [-0.25, -0.2) is 0 Å². The highest BCUT2D eigenvalue weighted by molar-refractivity contribution is 6.67. The highest BCUT2D eigenvalue weighted by Gasteiger charge is 2.45. The Bertz CT molecular complexity index is 2230. The lowest BCUT2D eigenvalue weighted by molar-refractivity contribution is 0.768. The van der Waals surface area contributed by atoms with E-state index in [0.717, 1.165) is 0 Å². The summed E-state index contributed by atoms with van der Waals surface area (Å²) in [6, 6.07) is 65.3. The molecule has 0 amide bonds. The maximum Gasteiger partial charge on any atom is 0.0875 e. The van der Waals surface area contributed by atoms with E-state index in [2.05, 4.69) is 180 Å². The quantitative estimate of drug-likeness (QED) is 0.178. The van der Waals surface area contributed by atoms with Gasteiger partial charge in [0.05, 0.1) is 26.0 Å². The minimum atomic E-state index is -0.539. The van der Waals surface area contributed by atoms with Crippen LogP contribution < -0.4 is 10.4 Å². The van der Waals surface area contributed by atoms with E-state index in [-0.39, 0.29) is 0 Å². The van der Waals surface area contributed by atoms with E-state index < -0.39 is 14.9 Å². The first kappa shape index (κ1) is 26.0. The van der Waals surface area contributed by atoms with Gasteiger partial charge in [0, 0.05) is 16.5 Å². The molecular formula is C43H31NSi. The molecular weight excluding hydrogens is 559 g/mol. The summed E-state index contributed by atoms with van der Waals surface area (Å²) in [5.41, 5.74) is 11.2. The number of benzene rings is 7. The van der Waals surface area contributed by atoms with E-state index in [9.17, 15) is 0 Å². The van der Waals surface area contributed by atoms with Gasteiger partial charge in [-0.15, -0.1) is 0 Å². The molecule has 45 heavy (non-hydrogen) atoms. The van der Waals surface area contributed by atoms with Crippen molar-refractivity contribution in [3.05, 3.63) is 198 Å². The largest absolute Gasteiger partial charge is 0.309 e. The number of nitrogens with zero attached hydrogens (tertiary/aromatic N) is 1. The van der Waals surface area contributed by atoms with Gasteiger partial charge in [0.2, 0.25) is 0 Å². The first-order chi connectivity index (χ1) is 22.3. The Morgan fingerprint density at radius 2 is 0.822 bits per heavy atom. The fourth-order valence-corrected chi connectivity index (χ4v) is 9.24. The minimum Gasteiger partial charge on any atom is -0.309 e. The second-order valence-corrected chi connectivity index (χ2v) is 14.1. The number of hydrogen-bond acceptors (Lipinski definition) is 0. The fraction of sp³-hybridized carbons (Fsp3) is 0.0233. The molecule has 7 aromatic carbocycles. The molecule has 9 rings (SSSR count). The first-order valence-corrected chi connectivity index (χ1v) is 17.2. The maximum atomic E-state index is 2.40. The van der Waals surface area contributed by atoms with Gasteiger partial charge in [-0.1, -0.05) is 162 Å². The normalized spacial score (nSPS) is 13.4. The highest BCUT2D eigenvalue weighted by Crippen LogP contribution is 2.55. The van der Waals surface area contributed by atoms with Crippen molar-refractivity contribution in [3.63, 3.8) is 0 Å². The summed E-state index contributed by atoms with van der Waals surface area (Å²) in [7, 11) is -0.539. The molecule has 0 radical (unpaired) electrons. The van der Waals surface area contributed by atoms with Crippen LogP contribution >= 0.6 is 0 Å². The highest BCUT2D eigenvalue weighted by atomic mass is 28.2. The average molecular weight is 590 g/mol. The van der Waals surface area contributed by atoms with Gasteiger partial charge < -0.3 is 4.57 Å². The van der Waals surface area contributed by atoms with Gasteiger partial charge in [-0.3, -0.25) is 0 Å². The summed E-state index contributed by atoms with van der Waals surface area (Å²) in [6.07, 6.45) is 0. The van der Waals surface area contributed by atoms with Crippen molar-refractivity contribution in [2.24, 2.45) is 0 Å². The summed E-state index contributed by atoms with van der Waals surface area (Å²) >= 11 is 0. The second kappa shape index (κ2) is 10.3. The molecule has 2 heteroatoms. The molecule has 0 spiro atoms. The zero-order chi connectivity index (χ0) is 29.8. The summed E-state index contributed by atoms with van der Waals surface area (Å²) in [6.45, 7) is 0. The zero-order valence-electron chi connectivity index (χ0n) is 24.9. The van der Waals surface area contributed by atoms with Crippen molar-refractivity contribution in [2.45, 2.75) is 5.41 Å². The summed E-state index contributed by atoms with van der Waals surface area (Å²) in [4.78, 5) is 0. The third-order valence-corrected chi connectivity index (χ3v) is 11.5. The lowest BCUT2D eigenvalue weighted by atomic mass is 9.68. The standard InChI is InChI=1S/C43H31NSi/c1-2-12-33(13-3-1)45-34-28-24-31(25-29-34)43(39-18-8-4-14-35(39)36-15-5-9-19-40(36)43)30-22-26-32(27-23-30)44-41-20-10-6-16-37(41)38-17-7-11-21-42(38)44/h1-29H,45H2. The van der Waals surface area contributed by atoms with Crippen LogP contribution in [-0.4, -0.2) is 14.1 Å². The lowest BCUT2D eigenvalue weighted by Gasteiger charge is -2.34. The van der Waals surface area contributed by atoms with E-state index in [4.69, 9.17) is 0 Å². The van der Waals surface area contributed by atoms with Crippen LogP contribution in [0.25, 0.3) is 38.6 Å². The van der Waals surface area contributed by atoms with Crippen molar-refractivity contribution < 1.29 is 0 Å². The first-order valence-electron chi connectivity index (χ1n) is 15.7. The summed E-state index contributed by atoms with van der Waals surface area (Å²) < 4.78 is 2.40. The zero-order valence-corrected chi connectivity index (χ0v) is 26.3. The van der Waals surface area contributed by atoms with Crippen LogP contribution in [0.15, 0.2) is 176 Å². The van der Waals surface area contributed by atoms with Crippen LogP contribution in [0.2, 0.25) is 0 Å². The van der Waals surface area contributed by atoms with Crippen LogP contribution in [0.5, 0.6) is 0 Å². The molecule has 1 aliphatic carbocycles. The monoisotopic (exact) mass is 589 g/mol. The van der Waals surface area contributed by atoms with Crippen LogP contribution in [0.3, 0.4) is 0 Å². The van der Waals surface area contributed by atoms with Crippen molar-refractivity contribution in [1.82, 2.24) is 4.57 Å². The predicted molar refractivity (Wildman–Crippen MR) is 192 cm³/mol. The van der Waals surface area contributed by atoms with Crippen molar-refractivity contribution >= 4 is 41.7 Å². The lowest BCUT2D eigenvalue weighted by Crippen LogP contribution is -2.31. The Hall–Kier alpha value is -5.44. The van der Waals surface area contributed by atoms with Gasteiger partial charge >= 0.3 is 0 Å². The van der Waals surface area contributed by atoms with Crippen LogP contribution in [0.1, 0.15) is 22.3 Å². The van der Waals surface area contributed by atoms with E-state index in [1.54, 1.807) is 0 Å². The molecule has 0 N–H and O–H groups in total. The van der Waals surface area contributed by atoms with Crippen molar-refractivity contribution in [3.8, 4) is 16.8 Å². The molecule has 1 nitrogen and oxygen atoms in total. The Kier molecular flexibility index (Phi) is 5.97. The number of aromatic nitrogens is 1. The molecule has 0 atom stereocenters. The molecule has 0 saturated carbocycles. The third kappa shape index (κ3) is 3.93. The van der Waals surface area contributed by atoms with Crippen LogP contribution in [0, 0.1) is 0 Å². The van der Waals surface area contributed by atoms with E-state index in [1.807, 2.05) is 0 Å². The molecule has 0 saturated heterocycles. The molecule has 212 valence electrons. The molecule has 8 aromatic rings. The van der Waals surface area contributed by atoms with E-state index in [0.29, 0.717) is 0 Å². The SMILES string of the molecule is c1ccc([SiH2]c2ccc(C3(c4ccc(-n5c6ccccc6c6ccccc65)cc4)c4ccccc4-c4ccccc43)cc2)cc1. The number of fused-ring (bicyclic) bond motifs is 6. The van der Waals surface area contributed by atoms with Crippen molar-refractivity contribution in [1.29, 1.82) is 0 Å². The van der Waals surface area contributed by atoms with E-state index >= 15 is 0 Å². The topological polar surface area (TPSA) is 4.93 Å². The summed E-state index contributed by atoms with van der Waals surface area (Å²) in [5, 5.41) is 5.50. The number of para-hydroxylation sites is 2. The smallest absolute Gasteiger partial charge is 0.0875 e. The molecule has 1 heterocycles. The Morgan fingerprint density at radius 1 is 0.378 bits per heavy atom. The Morgan fingerprint density at radius 3 is 1.40 bits per heavy atom. The molecule has 1 aliphatic rings. The average Bonchev–Trinajstić information content (AvgIpc) is 3.61. The van der Waals surface area contributed by atoms with Crippen LogP contribution in [-0.2, 0) is 5.41 Å². The minimum absolute atomic E-state index is 0.403. The van der Waals surface area contributed by atoms with Gasteiger partial charge in [0.1, 0.15) is 0 Å². The second-order valence-electron chi connectivity index (χ2n) is 12.1. The molecule has 0 fully saturated rings. The molecule has 1 aromatic heterocycles. The number of rotatable bonds is 5. The van der Waals surface area contributed by atoms with E-state index in [1.165, 1.54) is 71.2 Å². The maximum absolute atomic E-state index is 2.40. The van der Waals surface area contributed by atoms with Crippen LogP contribution in [0.4, 0.5) is 0 Å². The molecule has 0 aliphatic heterocycles. The third-order valence-electron chi connectivity index (χ3n) is 9.73. The Labute approximate surface area is 265 Å². The van der Waals surface area contributed by atoms with Gasteiger partial charge in [0.25, 0.3) is 0 Å². The van der Waals surface area contributed by atoms with Gasteiger partial charge in [0.15, 0.2) is 0 Å².